The van der Waals surface area contributed by atoms with E-state index in [1.54, 1.807) is 12.1 Å². The first kappa shape index (κ1) is 16.5. The van der Waals surface area contributed by atoms with Crippen molar-refractivity contribution in [1.29, 1.82) is 0 Å². The lowest BCUT2D eigenvalue weighted by Gasteiger charge is -2.26. The lowest BCUT2D eigenvalue weighted by molar-refractivity contribution is 0.252. The maximum absolute atomic E-state index is 10.6. The number of rotatable bonds is 6. The molecular weight excluding hydrogens is 278 g/mol. The van der Waals surface area contributed by atoms with Gasteiger partial charge in [0.25, 0.3) is 6.02 Å². The Kier molecular flexibility index (Phi) is 5.52. The van der Waals surface area contributed by atoms with Gasteiger partial charge in [0.05, 0.1) is 11.7 Å². The summed E-state index contributed by atoms with van der Waals surface area (Å²) in [4.78, 5) is 17.5. The van der Waals surface area contributed by atoms with Gasteiger partial charge in [0.2, 0.25) is 0 Å². The van der Waals surface area contributed by atoms with Crippen LogP contribution in [0.4, 0.5) is 11.4 Å². The van der Waals surface area contributed by atoms with Crippen molar-refractivity contribution in [3.05, 3.63) is 28.7 Å². The van der Waals surface area contributed by atoms with Crippen LogP contribution in [-0.2, 0) is 4.74 Å². The standard InChI is InChI=1S/C17H25N3O2/c1-5-6-9-20-16(12(2)3)11-22-17(20)18-15-8-7-14(19-21)10-13(15)4/h7-8,10,12,16H,5-6,9,11H2,1-4H3/t16-/m1/s1. The molecule has 0 amide bonds. The van der Waals surface area contributed by atoms with Crippen LogP contribution in [-0.4, -0.2) is 30.1 Å². The largest absolute Gasteiger partial charge is 0.463 e. The van der Waals surface area contributed by atoms with Gasteiger partial charge < -0.3 is 9.64 Å². The zero-order valence-electron chi connectivity index (χ0n) is 13.9. The van der Waals surface area contributed by atoms with Crippen LogP contribution in [0.25, 0.3) is 0 Å². The minimum absolute atomic E-state index is 0.376. The number of aryl methyl sites for hydroxylation is 1. The van der Waals surface area contributed by atoms with Crippen LogP contribution in [0, 0.1) is 17.7 Å². The minimum atomic E-state index is 0.376. The Labute approximate surface area is 132 Å². The molecule has 120 valence electrons. The summed E-state index contributed by atoms with van der Waals surface area (Å²) in [7, 11) is 0. The Morgan fingerprint density at radius 3 is 2.77 bits per heavy atom. The highest BCUT2D eigenvalue weighted by Gasteiger charge is 2.32. The molecule has 1 aliphatic heterocycles. The molecule has 1 aromatic rings. The summed E-state index contributed by atoms with van der Waals surface area (Å²) >= 11 is 0. The van der Waals surface area contributed by atoms with E-state index >= 15 is 0 Å². The molecule has 5 nitrogen and oxygen atoms in total. The molecule has 0 radical (unpaired) electrons. The van der Waals surface area contributed by atoms with Crippen molar-refractivity contribution in [3.8, 4) is 0 Å². The highest BCUT2D eigenvalue weighted by atomic mass is 16.5. The van der Waals surface area contributed by atoms with Gasteiger partial charge in [-0.2, -0.15) is 4.99 Å². The molecule has 1 aliphatic rings. The number of nitrogens with zero attached hydrogens (tertiary/aromatic N) is 3. The van der Waals surface area contributed by atoms with Gasteiger partial charge in [0.15, 0.2) is 0 Å². The SMILES string of the molecule is CCCCN1C(=Nc2ccc(N=O)cc2C)OC[C@@H]1C(C)C. The van der Waals surface area contributed by atoms with Crippen molar-refractivity contribution in [1.82, 2.24) is 4.90 Å². The van der Waals surface area contributed by atoms with E-state index in [1.165, 1.54) is 0 Å². The first-order valence-corrected chi connectivity index (χ1v) is 7.99. The van der Waals surface area contributed by atoms with Crippen molar-refractivity contribution in [2.45, 2.75) is 46.6 Å². The smallest absolute Gasteiger partial charge is 0.293 e. The maximum atomic E-state index is 10.6. The number of nitroso groups, excluding NO2 is 1. The van der Waals surface area contributed by atoms with Crippen LogP contribution in [0.3, 0.4) is 0 Å². The first-order chi connectivity index (χ1) is 10.6. The molecule has 1 atom stereocenters. The summed E-state index contributed by atoms with van der Waals surface area (Å²) in [5, 5.41) is 2.95. The molecule has 2 rings (SSSR count). The van der Waals surface area contributed by atoms with E-state index in [4.69, 9.17) is 4.74 Å². The van der Waals surface area contributed by atoms with E-state index in [2.05, 4.69) is 35.8 Å². The maximum Gasteiger partial charge on any atom is 0.293 e. The Morgan fingerprint density at radius 2 is 2.18 bits per heavy atom. The Hall–Kier alpha value is -1.91. The molecular formula is C17H25N3O2. The Bertz CT molecular complexity index is 555. The van der Waals surface area contributed by atoms with Gasteiger partial charge in [-0.1, -0.05) is 27.2 Å². The van der Waals surface area contributed by atoms with Gasteiger partial charge in [-0.3, -0.25) is 0 Å². The molecule has 0 aliphatic carbocycles. The van der Waals surface area contributed by atoms with Gasteiger partial charge in [0, 0.05) is 6.54 Å². The second kappa shape index (κ2) is 7.38. The van der Waals surface area contributed by atoms with Crippen LogP contribution in [0.5, 0.6) is 0 Å². The number of hydrogen-bond donors (Lipinski definition) is 0. The molecule has 1 saturated heterocycles. The van der Waals surface area contributed by atoms with Gasteiger partial charge in [0.1, 0.15) is 12.3 Å². The van der Waals surface area contributed by atoms with Crippen molar-refractivity contribution in [2.24, 2.45) is 16.1 Å². The van der Waals surface area contributed by atoms with Crippen molar-refractivity contribution in [2.75, 3.05) is 13.2 Å². The predicted molar refractivity (Wildman–Crippen MR) is 89.9 cm³/mol. The average molecular weight is 303 g/mol. The molecule has 22 heavy (non-hydrogen) atoms. The number of amidine groups is 1. The van der Waals surface area contributed by atoms with Gasteiger partial charge in [-0.15, -0.1) is 4.91 Å². The van der Waals surface area contributed by atoms with E-state index in [0.717, 1.165) is 30.6 Å². The molecule has 0 N–H and O–H groups in total. The van der Waals surface area contributed by atoms with E-state index in [-0.39, 0.29) is 0 Å². The number of benzene rings is 1. The monoisotopic (exact) mass is 303 g/mol. The van der Waals surface area contributed by atoms with Crippen molar-refractivity contribution >= 4 is 17.4 Å². The number of aliphatic imine (C=N–C) groups is 1. The highest BCUT2D eigenvalue weighted by Crippen LogP contribution is 2.27. The molecule has 0 aromatic heterocycles. The molecule has 1 fully saturated rings. The molecule has 1 aromatic carbocycles. The first-order valence-electron chi connectivity index (χ1n) is 7.99. The third-order valence-corrected chi connectivity index (χ3v) is 4.05. The second-order valence-corrected chi connectivity index (χ2v) is 6.13. The Morgan fingerprint density at radius 1 is 1.41 bits per heavy atom. The summed E-state index contributed by atoms with van der Waals surface area (Å²) in [6, 6.07) is 6.33. The topological polar surface area (TPSA) is 54.3 Å². The molecule has 1 heterocycles. The number of ether oxygens (including phenoxy) is 1. The summed E-state index contributed by atoms with van der Waals surface area (Å²) in [6.45, 7) is 10.2. The summed E-state index contributed by atoms with van der Waals surface area (Å²) in [6.07, 6.45) is 2.27. The molecule has 5 heteroatoms. The molecule has 0 bridgehead atoms. The normalized spacial score (nSPS) is 19.8. The fraction of sp³-hybridized carbons (Fsp3) is 0.588. The third-order valence-electron chi connectivity index (χ3n) is 4.05. The van der Waals surface area contributed by atoms with Gasteiger partial charge >= 0.3 is 0 Å². The van der Waals surface area contributed by atoms with Crippen LogP contribution in [0.2, 0.25) is 0 Å². The number of hydrogen-bond acceptors (Lipinski definition) is 4. The lowest BCUT2D eigenvalue weighted by atomic mass is 10.0. The average Bonchev–Trinajstić information content (AvgIpc) is 2.90. The number of unbranched alkanes of at least 4 members (excludes halogenated alkanes) is 1. The fourth-order valence-corrected chi connectivity index (χ4v) is 2.64. The summed E-state index contributed by atoms with van der Waals surface area (Å²) in [5.74, 6) is 0.521. The van der Waals surface area contributed by atoms with Gasteiger partial charge in [-0.05, 0) is 48.2 Å². The van der Waals surface area contributed by atoms with Crippen LogP contribution < -0.4 is 0 Å². The second-order valence-electron chi connectivity index (χ2n) is 6.13. The zero-order valence-corrected chi connectivity index (χ0v) is 13.9. The quantitative estimate of drug-likeness (QED) is 0.725. The third kappa shape index (κ3) is 3.64. The fourth-order valence-electron chi connectivity index (χ4n) is 2.64. The van der Waals surface area contributed by atoms with Crippen LogP contribution in [0.1, 0.15) is 39.2 Å². The van der Waals surface area contributed by atoms with Crippen LogP contribution in [0.15, 0.2) is 28.4 Å². The van der Waals surface area contributed by atoms with Crippen LogP contribution >= 0.6 is 0 Å². The summed E-state index contributed by atoms with van der Waals surface area (Å²) in [5.41, 5.74) is 2.18. The zero-order chi connectivity index (χ0) is 16.1. The van der Waals surface area contributed by atoms with E-state index < -0.39 is 0 Å². The molecule has 0 spiro atoms. The minimum Gasteiger partial charge on any atom is -0.463 e. The van der Waals surface area contributed by atoms with E-state index in [0.29, 0.717) is 30.3 Å². The summed E-state index contributed by atoms with van der Waals surface area (Å²) < 4.78 is 5.84. The highest BCUT2D eigenvalue weighted by molar-refractivity contribution is 5.80. The molecule has 0 unspecified atom stereocenters. The predicted octanol–water partition coefficient (Wildman–Crippen LogP) is 4.54. The van der Waals surface area contributed by atoms with Crippen molar-refractivity contribution in [3.63, 3.8) is 0 Å². The Balaban J connectivity index is 2.26. The van der Waals surface area contributed by atoms with Gasteiger partial charge in [-0.25, -0.2) is 0 Å². The van der Waals surface area contributed by atoms with Crippen molar-refractivity contribution < 1.29 is 4.74 Å². The lowest BCUT2D eigenvalue weighted by Crippen LogP contribution is -2.38. The van der Waals surface area contributed by atoms with E-state index in [9.17, 15) is 4.91 Å². The molecule has 0 saturated carbocycles. The van der Waals surface area contributed by atoms with E-state index in [1.807, 2.05) is 13.0 Å².